The Bertz CT molecular complexity index is 1220. The SMILES string of the molecule is Cc1ccc2ccccc2c1-c1ccccc1-c1c(C)ccc2ccccc12. The molecule has 0 N–H and O–H groups in total. The number of aryl methyl sites for hydroxylation is 2. The molecule has 0 aliphatic rings. The normalized spacial score (nSPS) is 11.2. The van der Waals surface area contributed by atoms with Gasteiger partial charge >= 0.3 is 0 Å². The van der Waals surface area contributed by atoms with E-state index >= 15 is 0 Å². The zero-order valence-electron chi connectivity index (χ0n) is 16.2. The van der Waals surface area contributed by atoms with Crippen LogP contribution >= 0.6 is 0 Å². The maximum absolute atomic E-state index is 2.27. The first-order valence-corrected chi connectivity index (χ1v) is 9.80. The van der Waals surface area contributed by atoms with Crippen molar-refractivity contribution in [1.29, 1.82) is 0 Å². The lowest BCUT2D eigenvalue weighted by atomic mass is 9.86. The molecule has 28 heavy (non-hydrogen) atoms. The van der Waals surface area contributed by atoms with Crippen LogP contribution in [0.25, 0.3) is 43.8 Å². The third kappa shape index (κ3) is 2.61. The fourth-order valence-electron chi connectivity index (χ4n) is 4.40. The molecule has 0 atom stereocenters. The molecule has 0 unspecified atom stereocenters. The van der Waals surface area contributed by atoms with Crippen LogP contribution in [0.5, 0.6) is 0 Å². The van der Waals surface area contributed by atoms with Crippen molar-refractivity contribution in [1.82, 2.24) is 0 Å². The van der Waals surface area contributed by atoms with Crippen molar-refractivity contribution in [2.75, 3.05) is 0 Å². The quantitative estimate of drug-likeness (QED) is 0.300. The third-order valence-electron chi connectivity index (χ3n) is 5.74. The van der Waals surface area contributed by atoms with E-state index in [0.29, 0.717) is 0 Å². The molecule has 0 spiro atoms. The van der Waals surface area contributed by atoms with Gasteiger partial charge in [-0.15, -0.1) is 0 Å². The molecule has 0 nitrogen and oxygen atoms in total. The molecular weight excluding hydrogens is 336 g/mol. The van der Waals surface area contributed by atoms with Crippen LogP contribution in [-0.4, -0.2) is 0 Å². The number of fused-ring (bicyclic) bond motifs is 2. The summed E-state index contributed by atoms with van der Waals surface area (Å²) in [6.45, 7) is 4.43. The van der Waals surface area contributed by atoms with E-state index in [1.807, 2.05) is 0 Å². The van der Waals surface area contributed by atoms with Crippen LogP contribution in [0.15, 0.2) is 97.1 Å². The van der Waals surface area contributed by atoms with Gasteiger partial charge in [0.25, 0.3) is 0 Å². The van der Waals surface area contributed by atoms with Gasteiger partial charge in [-0.05, 0) is 68.8 Å². The number of hydrogen-bond donors (Lipinski definition) is 0. The Hall–Kier alpha value is -3.38. The summed E-state index contributed by atoms with van der Waals surface area (Å²) in [7, 11) is 0. The van der Waals surface area contributed by atoms with E-state index in [-0.39, 0.29) is 0 Å². The van der Waals surface area contributed by atoms with Gasteiger partial charge in [-0.25, -0.2) is 0 Å². The minimum atomic E-state index is 1.28. The molecule has 0 aliphatic heterocycles. The largest absolute Gasteiger partial charge is 0.0616 e. The third-order valence-corrected chi connectivity index (χ3v) is 5.74. The summed E-state index contributed by atoms with van der Waals surface area (Å²) in [5.41, 5.74) is 7.89. The molecule has 5 aromatic carbocycles. The highest BCUT2D eigenvalue weighted by Gasteiger charge is 2.15. The van der Waals surface area contributed by atoms with Crippen molar-refractivity contribution < 1.29 is 0 Å². The fourth-order valence-corrected chi connectivity index (χ4v) is 4.40. The van der Waals surface area contributed by atoms with Crippen molar-refractivity contribution in [2.45, 2.75) is 13.8 Å². The molecule has 5 rings (SSSR count). The summed E-state index contributed by atoms with van der Waals surface area (Å²) >= 11 is 0. The molecule has 0 aromatic heterocycles. The van der Waals surface area contributed by atoms with E-state index in [4.69, 9.17) is 0 Å². The fraction of sp³-hybridized carbons (Fsp3) is 0.0714. The maximum atomic E-state index is 2.27. The molecule has 5 aromatic rings. The summed E-state index contributed by atoms with van der Waals surface area (Å²) in [6, 6.07) is 35.1. The van der Waals surface area contributed by atoms with E-state index in [9.17, 15) is 0 Å². The molecule has 0 heteroatoms. The minimum Gasteiger partial charge on any atom is -0.0616 e. The molecule has 0 fully saturated rings. The van der Waals surface area contributed by atoms with Gasteiger partial charge in [0.1, 0.15) is 0 Å². The smallest absolute Gasteiger partial charge is 0.00699 e. The van der Waals surface area contributed by atoms with Gasteiger partial charge in [0.2, 0.25) is 0 Å². The van der Waals surface area contributed by atoms with Crippen LogP contribution in [0, 0.1) is 13.8 Å². The second-order valence-electron chi connectivity index (χ2n) is 7.50. The standard InChI is InChI=1S/C28H22/c1-19-15-17-21-9-3-5-11-23(21)27(19)25-13-7-8-14-26(25)28-20(2)16-18-22-10-4-6-12-24(22)28/h3-18H,1-2H3. The monoisotopic (exact) mass is 358 g/mol. The van der Waals surface area contributed by atoms with E-state index in [1.54, 1.807) is 0 Å². The summed E-state index contributed by atoms with van der Waals surface area (Å²) in [5.74, 6) is 0. The summed E-state index contributed by atoms with van der Waals surface area (Å²) in [5, 5.41) is 5.20. The Morgan fingerprint density at radius 2 is 0.786 bits per heavy atom. The molecule has 0 saturated carbocycles. The zero-order chi connectivity index (χ0) is 19.1. The van der Waals surface area contributed by atoms with Crippen molar-refractivity contribution in [3.8, 4) is 22.3 Å². The van der Waals surface area contributed by atoms with Crippen molar-refractivity contribution in [2.24, 2.45) is 0 Å². The predicted octanol–water partition coefficient (Wildman–Crippen LogP) is 7.94. The van der Waals surface area contributed by atoms with Crippen LogP contribution in [0.2, 0.25) is 0 Å². The average molecular weight is 358 g/mol. The second-order valence-corrected chi connectivity index (χ2v) is 7.50. The minimum absolute atomic E-state index is 1.28. The Balaban J connectivity index is 1.90. The Labute approximate surface area is 166 Å². The first-order chi connectivity index (χ1) is 13.7. The van der Waals surface area contributed by atoms with Crippen LogP contribution < -0.4 is 0 Å². The molecule has 0 saturated heterocycles. The Morgan fingerprint density at radius 3 is 1.25 bits per heavy atom. The molecule has 134 valence electrons. The van der Waals surface area contributed by atoms with Crippen molar-refractivity contribution in [3.05, 3.63) is 108 Å². The van der Waals surface area contributed by atoms with Crippen LogP contribution in [0.4, 0.5) is 0 Å². The molecule has 0 amide bonds. The second kappa shape index (κ2) is 6.65. The number of benzene rings is 5. The van der Waals surface area contributed by atoms with Gasteiger partial charge in [0.15, 0.2) is 0 Å². The van der Waals surface area contributed by atoms with Gasteiger partial charge in [-0.3, -0.25) is 0 Å². The molecule has 0 aliphatic carbocycles. The van der Waals surface area contributed by atoms with E-state index in [1.165, 1.54) is 54.9 Å². The highest BCUT2D eigenvalue weighted by Crippen LogP contribution is 2.41. The first kappa shape index (κ1) is 16.8. The Morgan fingerprint density at radius 1 is 0.393 bits per heavy atom. The predicted molar refractivity (Wildman–Crippen MR) is 122 cm³/mol. The lowest BCUT2D eigenvalue weighted by molar-refractivity contribution is 1.46. The van der Waals surface area contributed by atoms with Gasteiger partial charge in [0, 0.05) is 0 Å². The lowest BCUT2D eigenvalue weighted by Crippen LogP contribution is -1.93. The summed E-state index contributed by atoms with van der Waals surface area (Å²) in [4.78, 5) is 0. The van der Waals surface area contributed by atoms with Crippen LogP contribution in [0.1, 0.15) is 11.1 Å². The molecule has 0 radical (unpaired) electrons. The number of rotatable bonds is 2. The summed E-state index contributed by atoms with van der Waals surface area (Å²) < 4.78 is 0. The lowest BCUT2D eigenvalue weighted by Gasteiger charge is -2.18. The number of hydrogen-bond acceptors (Lipinski definition) is 0. The van der Waals surface area contributed by atoms with E-state index in [2.05, 4.69) is 111 Å². The van der Waals surface area contributed by atoms with Crippen LogP contribution in [0.3, 0.4) is 0 Å². The summed E-state index contributed by atoms with van der Waals surface area (Å²) in [6.07, 6.45) is 0. The van der Waals surface area contributed by atoms with Gasteiger partial charge in [-0.1, -0.05) is 97.1 Å². The van der Waals surface area contributed by atoms with Crippen molar-refractivity contribution >= 4 is 21.5 Å². The van der Waals surface area contributed by atoms with E-state index in [0.717, 1.165) is 0 Å². The van der Waals surface area contributed by atoms with Crippen molar-refractivity contribution in [3.63, 3.8) is 0 Å². The van der Waals surface area contributed by atoms with Gasteiger partial charge < -0.3 is 0 Å². The van der Waals surface area contributed by atoms with Crippen LogP contribution in [-0.2, 0) is 0 Å². The highest BCUT2D eigenvalue weighted by atomic mass is 14.2. The Kier molecular flexibility index (Phi) is 3.98. The van der Waals surface area contributed by atoms with Gasteiger partial charge in [0.05, 0.1) is 0 Å². The first-order valence-electron chi connectivity index (χ1n) is 9.80. The average Bonchev–Trinajstić information content (AvgIpc) is 2.74. The van der Waals surface area contributed by atoms with Gasteiger partial charge in [-0.2, -0.15) is 0 Å². The highest BCUT2D eigenvalue weighted by molar-refractivity contribution is 6.06. The molecule has 0 heterocycles. The maximum Gasteiger partial charge on any atom is -0.00699 e. The topological polar surface area (TPSA) is 0 Å². The van der Waals surface area contributed by atoms with E-state index < -0.39 is 0 Å². The molecular formula is C28H22. The zero-order valence-corrected chi connectivity index (χ0v) is 16.2. The molecule has 0 bridgehead atoms.